The van der Waals surface area contributed by atoms with Gasteiger partial charge in [0.15, 0.2) is 0 Å². The van der Waals surface area contributed by atoms with Crippen molar-refractivity contribution in [3.63, 3.8) is 0 Å². The molecule has 7 heteroatoms. The summed E-state index contributed by atoms with van der Waals surface area (Å²) in [4.78, 5) is 25.2. The first-order valence-corrected chi connectivity index (χ1v) is 8.56. The van der Waals surface area contributed by atoms with Crippen LogP contribution < -0.4 is 5.32 Å². The molecule has 0 heterocycles. The molecule has 2 aromatic carbocycles. The molecule has 1 N–H and O–H groups in total. The zero-order chi connectivity index (χ0) is 18.7. The van der Waals surface area contributed by atoms with E-state index in [2.05, 4.69) is 5.32 Å². The Morgan fingerprint density at radius 2 is 2.08 bits per heavy atom. The lowest BCUT2D eigenvalue weighted by atomic mass is 10.1. The predicted octanol–water partition coefficient (Wildman–Crippen LogP) is 3.97. The molecule has 2 aromatic rings. The highest BCUT2D eigenvalue weighted by molar-refractivity contribution is 5.95. The number of amides is 1. The van der Waals surface area contributed by atoms with E-state index in [9.17, 15) is 19.3 Å². The van der Waals surface area contributed by atoms with E-state index in [4.69, 9.17) is 0 Å². The Kier molecular flexibility index (Phi) is 5.16. The van der Waals surface area contributed by atoms with Gasteiger partial charge in [0.1, 0.15) is 11.5 Å². The highest BCUT2D eigenvalue weighted by Crippen LogP contribution is 2.31. The third kappa shape index (κ3) is 4.17. The topological polar surface area (TPSA) is 75.5 Å². The minimum absolute atomic E-state index is 0.107. The van der Waals surface area contributed by atoms with Gasteiger partial charge in [0.05, 0.1) is 4.92 Å². The number of nitro groups is 1. The number of anilines is 1. The van der Waals surface area contributed by atoms with Crippen LogP contribution in [0.5, 0.6) is 0 Å². The fraction of sp³-hybridized carbons (Fsp3) is 0.316. The molecule has 0 unspecified atom stereocenters. The number of halogens is 1. The second-order valence-electron chi connectivity index (χ2n) is 6.36. The number of nitro benzene ring substituents is 1. The van der Waals surface area contributed by atoms with Crippen LogP contribution in [0, 0.1) is 15.9 Å². The average molecular weight is 357 g/mol. The van der Waals surface area contributed by atoms with Gasteiger partial charge < -0.3 is 10.2 Å². The third-order valence-corrected chi connectivity index (χ3v) is 4.31. The lowest BCUT2D eigenvalue weighted by molar-refractivity contribution is -0.384. The molecule has 1 saturated carbocycles. The molecule has 1 aliphatic carbocycles. The van der Waals surface area contributed by atoms with Crippen LogP contribution in [0.2, 0.25) is 0 Å². The molecule has 0 aromatic heterocycles. The number of nitrogens with one attached hydrogen (secondary N) is 1. The molecule has 1 fully saturated rings. The molecule has 6 nitrogen and oxygen atoms in total. The molecular formula is C19H20FN3O3. The summed E-state index contributed by atoms with van der Waals surface area (Å²) in [5, 5.41) is 14.5. The minimum Gasteiger partial charge on any atom is -0.377 e. The fourth-order valence-corrected chi connectivity index (χ4v) is 2.75. The van der Waals surface area contributed by atoms with Gasteiger partial charge in [-0.05, 0) is 49.6 Å². The van der Waals surface area contributed by atoms with E-state index in [1.807, 2.05) is 6.92 Å². The summed E-state index contributed by atoms with van der Waals surface area (Å²) in [6.07, 6.45) is 1.99. The maximum absolute atomic E-state index is 13.4. The van der Waals surface area contributed by atoms with Crippen molar-refractivity contribution >= 4 is 17.3 Å². The second-order valence-corrected chi connectivity index (χ2v) is 6.36. The van der Waals surface area contributed by atoms with Crippen molar-refractivity contribution in [3.8, 4) is 0 Å². The van der Waals surface area contributed by atoms with Crippen LogP contribution in [0.3, 0.4) is 0 Å². The van der Waals surface area contributed by atoms with Crippen LogP contribution in [-0.2, 0) is 6.54 Å². The summed E-state index contributed by atoms with van der Waals surface area (Å²) in [6, 6.07) is 10.8. The van der Waals surface area contributed by atoms with Gasteiger partial charge in [0.2, 0.25) is 0 Å². The minimum atomic E-state index is -0.482. The summed E-state index contributed by atoms with van der Waals surface area (Å²) >= 11 is 0. The van der Waals surface area contributed by atoms with E-state index < -0.39 is 4.92 Å². The smallest absolute Gasteiger partial charge is 0.293 e. The predicted molar refractivity (Wildman–Crippen MR) is 96.6 cm³/mol. The number of carbonyl (C=O) groups is 1. The van der Waals surface area contributed by atoms with Crippen molar-refractivity contribution in [2.24, 2.45) is 0 Å². The molecule has 0 atom stereocenters. The number of nitrogens with zero attached hydrogens (tertiary/aromatic N) is 2. The normalized spacial score (nSPS) is 13.3. The molecule has 26 heavy (non-hydrogen) atoms. The Hall–Kier alpha value is -2.96. The Bertz CT molecular complexity index is 837. The molecular weight excluding hydrogens is 337 g/mol. The fourth-order valence-electron chi connectivity index (χ4n) is 2.75. The zero-order valence-electron chi connectivity index (χ0n) is 14.4. The van der Waals surface area contributed by atoms with E-state index in [1.54, 1.807) is 24.3 Å². The van der Waals surface area contributed by atoms with Gasteiger partial charge in [0, 0.05) is 30.8 Å². The van der Waals surface area contributed by atoms with Crippen LogP contribution in [0.4, 0.5) is 15.8 Å². The van der Waals surface area contributed by atoms with Crippen molar-refractivity contribution in [1.29, 1.82) is 0 Å². The monoisotopic (exact) mass is 357 g/mol. The Labute approximate surface area is 150 Å². The quantitative estimate of drug-likeness (QED) is 0.601. The van der Waals surface area contributed by atoms with Crippen LogP contribution in [-0.4, -0.2) is 28.3 Å². The second kappa shape index (κ2) is 7.51. The highest BCUT2D eigenvalue weighted by atomic mass is 19.1. The SMILES string of the molecule is CCN(Cc1cccc(F)c1)C(=O)c1ccc(NC2CC2)c([N+](=O)[O-])c1. The number of carbonyl (C=O) groups excluding carboxylic acids is 1. The van der Waals surface area contributed by atoms with Crippen molar-refractivity contribution in [3.05, 3.63) is 69.5 Å². The molecule has 1 aliphatic rings. The third-order valence-electron chi connectivity index (χ3n) is 4.31. The van der Waals surface area contributed by atoms with E-state index in [0.29, 0.717) is 17.8 Å². The van der Waals surface area contributed by atoms with Gasteiger partial charge in [-0.2, -0.15) is 0 Å². The maximum atomic E-state index is 13.4. The first-order chi connectivity index (χ1) is 12.5. The van der Waals surface area contributed by atoms with Crippen molar-refractivity contribution in [2.75, 3.05) is 11.9 Å². The van der Waals surface area contributed by atoms with E-state index in [-0.39, 0.29) is 35.6 Å². The standard InChI is InChI=1S/C19H20FN3O3/c1-2-22(12-13-4-3-5-15(20)10-13)19(24)14-6-9-17(21-16-7-8-16)18(11-14)23(25)26/h3-6,9-11,16,21H,2,7-8,12H2,1H3. The van der Waals surface area contributed by atoms with Crippen molar-refractivity contribution in [2.45, 2.75) is 32.4 Å². The molecule has 136 valence electrons. The Morgan fingerprint density at radius 3 is 2.69 bits per heavy atom. The van der Waals surface area contributed by atoms with Gasteiger partial charge in [-0.25, -0.2) is 4.39 Å². The summed E-state index contributed by atoms with van der Waals surface area (Å²) in [5.74, 6) is -0.685. The van der Waals surface area contributed by atoms with E-state index in [1.165, 1.54) is 23.1 Å². The van der Waals surface area contributed by atoms with Gasteiger partial charge >= 0.3 is 0 Å². The van der Waals surface area contributed by atoms with Gasteiger partial charge in [-0.3, -0.25) is 14.9 Å². The summed E-state index contributed by atoms with van der Waals surface area (Å²) in [7, 11) is 0. The highest BCUT2D eigenvalue weighted by Gasteiger charge is 2.26. The van der Waals surface area contributed by atoms with Gasteiger partial charge in [-0.1, -0.05) is 12.1 Å². The first kappa shape index (κ1) is 17.8. The summed E-state index contributed by atoms with van der Waals surface area (Å²) < 4.78 is 13.4. The number of hydrogen-bond donors (Lipinski definition) is 1. The first-order valence-electron chi connectivity index (χ1n) is 8.56. The molecule has 1 amide bonds. The average Bonchev–Trinajstić information content (AvgIpc) is 3.43. The Balaban J connectivity index is 1.82. The number of rotatable bonds is 7. The maximum Gasteiger partial charge on any atom is 0.293 e. The van der Waals surface area contributed by atoms with Crippen LogP contribution in [0.1, 0.15) is 35.7 Å². The lowest BCUT2D eigenvalue weighted by Crippen LogP contribution is -2.30. The number of hydrogen-bond acceptors (Lipinski definition) is 4. The van der Waals surface area contributed by atoms with E-state index >= 15 is 0 Å². The zero-order valence-corrected chi connectivity index (χ0v) is 14.4. The van der Waals surface area contributed by atoms with Gasteiger partial charge in [-0.15, -0.1) is 0 Å². The lowest BCUT2D eigenvalue weighted by Gasteiger charge is -2.21. The largest absolute Gasteiger partial charge is 0.377 e. The molecule has 0 bridgehead atoms. The molecule has 0 spiro atoms. The number of benzene rings is 2. The molecule has 0 radical (unpaired) electrons. The summed E-state index contributed by atoms with van der Waals surface area (Å²) in [5.41, 5.74) is 1.24. The van der Waals surface area contributed by atoms with Crippen LogP contribution in [0.15, 0.2) is 42.5 Å². The Morgan fingerprint density at radius 1 is 1.31 bits per heavy atom. The molecule has 0 saturated heterocycles. The van der Waals surface area contributed by atoms with Gasteiger partial charge in [0.25, 0.3) is 11.6 Å². The van der Waals surface area contributed by atoms with Crippen molar-refractivity contribution in [1.82, 2.24) is 4.90 Å². The molecule has 3 rings (SSSR count). The molecule has 0 aliphatic heterocycles. The van der Waals surface area contributed by atoms with Crippen LogP contribution >= 0.6 is 0 Å². The van der Waals surface area contributed by atoms with Crippen LogP contribution in [0.25, 0.3) is 0 Å². The summed E-state index contributed by atoms with van der Waals surface area (Å²) in [6.45, 7) is 2.46. The van der Waals surface area contributed by atoms with E-state index in [0.717, 1.165) is 12.8 Å². The van der Waals surface area contributed by atoms with Crippen molar-refractivity contribution < 1.29 is 14.1 Å².